The molecule has 2 rings (SSSR count). The van der Waals surface area contributed by atoms with Crippen molar-refractivity contribution < 1.29 is 9.47 Å². The van der Waals surface area contributed by atoms with E-state index in [1.807, 2.05) is 31.2 Å². The van der Waals surface area contributed by atoms with E-state index >= 15 is 0 Å². The maximum atomic E-state index is 5.78. The van der Waals surface area contributed by atoms with Crippen LogP contribution in [-0.4, -0.2) is 54.6 Å². The first-order valence-electron chi connectivity index (χ1n) is 9.69. The van der Waals surface area contributed by atoms with E-state index in [1.165, 1.54) is 0 Å². The molecule has 0 aliphatic carbocycles. The van der Waals surface area contributed by atoms with Crippen molar-refractivity contribution in [2.45, 2.75) is 39.8 Å². The maximum absolute atomic E-state index is 5.78. The number of hydrogen-bond acceptors (Lipinski definition) is 5. The zero-order chi connectivity index (χ0) is 20.4. The number of hydrogen-bond donors (Lipinski definition) is 3. The molecule has 8 nitrogen and oxygen atoms in total. The van der Waals surface area contributed by atoms with Gasteiger partial charge < -0.3 is 20.1 Å². The summed E-state index contributed by atoms with van der Waals surface area (Å²) in [5.74, 6) is 3.41. The molecular formula is C20H32N6O2. The molecule has 0 radical (unpaired) electrons. The van der Waals surface area contributed by atoms with Crippen LogP contribution in [0.2, 0.25) is 0 Å². The molecule has 1 heterocycles. The fourth-order valence-electron chi connectivity index (χ4n) is 2.79. The van der Waals surface area contributed by atoms with Crippen molar-refractivity contribution in [3.63, 3.8) is 0 Å². The second kappa shape index (κ2) is 11.3. The Balaban J connectivity index is 1.82. The van der Waals surface area contributed by atoms with Crippen LogP contribution in [0.15, 0.2) is 29.3 Å². The van der Waals surface area contributed by atoms with E-state index in [1.54, 1.807) is 14.2 Å². The number of nitrogens with zero attached hydrogens (tertiary/aromatic N) is 3. The predicted octanol–water partition coefficient (Wildman–Crippen LogP) is 2.60. The molecule has 0 spiro atoms. The highest BCUT2D eigenvalue weighted by Crippen LogP contribution is 2.18. The minimum Gasteiger partial charge on any atom is -0.497 e. The van der Waals surface area contributed by atoms with Crippen molar-refractivity contribution in [3.8, 4) is 17.1 Å². The molecule has 2 aromatic rings. The highest BCUT2D eigenvalue weighted by atomic mass is 16.5. The third-order valence-corrected chi connectivity index (χ3v) is 4.37. The molecule has 1 aromatic carbocycles. The van der Waals surface area contributed by atoms with Crippen LogP contribution in [0.25, 0.3) is 11.4 Å². The van der Waals surface area contributed by atoms with Gasteiger partial charge in [0.15, 0.2) is 11.8 Å². The van der Waals surface area contributed by atoms with Gasteiger partial charge in [0.05, 0.1) is 19.8 Å². The lowest BCUT2D eigenvalue weighted by molar-refractivity contribution is 0.0258. The number of aromatic amines is 1. The second-order valence-electron chi connectivity index (χ2n) is 6.71. The Bertz CT molecular complexity index is 727. The van der Waals surface area contributed by atoms with E-state index in [0.29, 0.717) is 18.3 Å². The van der Waals surface area contributed by atoms with Crippen molar-refractivity contribution in [2.24, 2.45) is 10.9 Å². The van der Waals surface area contributed by atoms with Crippen LogP contribution in [0.4, 0.5) is 0 Å². The SMILES string of the molecule is CCOC(CCNC(=NC)NCc1nc(-c2ccc(OC)cc2)n[nH]1)C(C)C. The topological polar surface area (TPSA) is 96.4 Å². The van der Waals surface area contributed by atoms with Gasteiger partial charge in [-0.1, -0.05) is 13.8 Å². The summed E-state index contributed by atoms with van der Waals surface area (Å²) in [5.41, 5.74) is 0.932. The summed E-state index contributed by atoms with van der Waals surface area (Å²) in [4.78, 5) is 8.78. The van der Waals surface area contributed by atoms with E-state index in [-0.39, 0.29) is 6.10 Å². The molecule has 8 heteroatoms. The smallest absolute Gasteiger partial charge is 0.191 e. The van der Waals surface area contributed by atoms with Gasteiger partial charge in [-0.2, -0.15) is 5.10 Å². The lowest BCUT2D eigenvalue weighted by atomic mass is 10.0. The summed E-state index contributed by atoms with van der Waals surface area (Å²) >= 11 is 0. The van der Waals surface area contributed by atoms with Crippen molar-refractivity contribution in [1.82, 2.24) is 25.8 Å². The van der Waals surface area contributed by atoms with E-state index in [4.69, 9.17) is 9.47 Å². The Hall–Kier alpha value is -2.61. The Morgan fingerprint density at radius 2 is 1.96 bits per heavy atom. The normalized spacial score (nSPS) is 12.9. The van der Waals surface area contributed by atoms with Gasteiger partial charge in [0, 0.05) is 25.8 Å². The van der Waals surface area contributed by atoms with E-state index < -0.39 is 0 Å². The molecule has 1 atom stereocenters. The number of ether oxygens (including phenoxy) is 2. The Labute approximate surface area is 167 Å². The molecule has 0 amide bonds. The Kier molecular flexibility index (Phi) is 8.74. The summed E-state index contributed by atoms with van der Waals surface area (Å²) in [6, 6.07) is 7.65. The van der Waals surface area contributed by atoms with Gasteiger partial charge in [0.25, 0.3) is 0 Å². The molecule has 0 bridgehead atoms. The molecular weight excluding hydrogens is 356 g/mol. The maximum Gasteiger partial charge on any atom is 0.191 e. The molecule has 0 saturated heterocycles. The van der Waals surface area contributed by atoms with Crippen LogP contribution >= 0.6 is 0 Å². The zero-order valence-corrected chi connectivity index (χ0v) is 17.5. The van der Waals surface area contributed by atoms with Crippen LogP contribution in [0.1, 0.15) is 33.0 Å². The summed E-state index contributed by atoms with van der Waals surface area (Å²) < 4.78 is 11.0. The lowest BCUT2D eigenvalue weighted by Crippen LogP contribution is -2.39. The molecule has 1 unspecified atom stereocenters. The highest BCUT2D eigenvalue weighted by Gasteiger charge is 2.13. The Morgan fingerprint density at radius 3 is 2.57 bits per heavy atom. The molecule has 0 aliphatic rings. The fourth-order valence-corrected chi connectivity index (χ4v) is 2.79. The number of aromatic nitrogens is 3. The van der Waals surface area contributed by atoms with Gasteiger partial charge in [0.2, 0.25) is 0 Å². The number of methoxy groups -OCH3 is 1. The number of guanidine groups is 1. The monoisotopic (exact) mass is 388 g/mol. The first-order chi connectivity index (χ1) is 13.6. The summed E-state index contributed by atoms with van der Waals surface area (Å²) in [6.45, 7) is 8.41. The third kappa shape index (κ3) is 6.53. The largest absolute Gasteiger partial charge is 0.497 e. The standard InChI is InChI=1S/C20H32N6O2/c1-6-28-17(14(2)3)11-12-22-20(21-4)23-13-18-24-19(26-25-18)15-7-9-16(27-5)10-8-15/h7-10,14,17H,6,11-13H2,1-5H3,(H2,21,22,23)(H,24,25,26). The fraction of sp³-hybridized carbons (Fsp3) is 0.550. The predicted molar refractivity (Wildman–Crippen MR) is 111 cm³/mol. The van der Waals surface area contributed by atoms with Crippen LogP contribution in [-0.2, 0) is 11.3 Å². The number of aliphatic imine (C=N–C) groups is 1. The average Bonchev–Trinajstić information content (AvgIpc) is 3.18. The second-order valence-corrected chi connectivity index (χ2v) is 6.71. The molecule has 1 aromatic heterocycles. The van der Waals surface area contributed by atoms with Crippen LogP contribution in [0.5, 0.6) is 5.75 Å². The molecule has 154 valence electrons. The minimum absolute atomic E-state index is 0.247. The van der Waals surface area contributed by atoms with Gasteiger partial charge in [-0.3, -0.25) is 10.1 Å². The lowest BCUT2D eigenvalue weighted by Gasteiger charge is -2.21. The van der Waals surface area contributed by atoms with Gasteiger partial charge in [-0.15, -0.1) is 0 Å². The minimum atomic E-state index is 0.247. The quantitative estimate of drug-likeness (QED) is 0.428. The number of nitrogens with one attached hydrogen (secondary N) is 3. The molecule has 28 heavy (non-hydrogen) atoms. The summed E-state index contributed by atoms with van der Waals surface area (Å²) in [6.07, 6.45) is 1.17. The highest BCUT2D eigenvalue weighted by molar-refractivity contribution is 5.79. The van der Waals surface area contributed by atoms with E-state index in [2.05, 4.69) is 44.7 Å². The number of H-pyrrole nitrogens is 1. The first-order valence-corrected chi connectivity index (χ1v) is 9.69. The van der Waals surface area contributed by atoms with Crippen molar-refractivity contribution >= 4 is 5.96 Å². The van der Waals surface area contributed by atoms with Crippen LogP contribution in [0, 0.1) is 5.92 Å². The Morgan fingerprint density at radius 1 is 1.21 bits per heavy atom. The van der Waals surface area contributed by atoms with Crippen molar-refractivity contribution in [1.29, 1.82) is 0 Å². The van der Waals surface area contributed by atoms with Crippen LogP contribution in [0.3, 0.4) is 0 Å². The van der Waals surface area contributed by atoms with E-state index in [0.717, 1.165) is 42.7 Å². The van der Waals surface area contributed by atoms with Gasteiger partial charge in [0.1, 0.15) is 11.6 Å². The third-order valence-electron chi connectivity index (χ3n) is 4.37. The summed E-state index contributed by atoms with van der Waals surface area (Å²) in [5, 5.41) is 13.8. The van der Waals surface area contributed by atoms with E-state index in [9.17, 15) is 0 Å². The molecule has 0 fully saturated rings. The van der Waals surface area contributed by atoms with Gasteiger partial charge in [-0.05, 0) is 43.5 Å². The number of rotatable bonds is 10. The molecule has 0 saturated carbocycles. The van der Waals surface area contributed by atoms with Crippen LogP contribution < -0.4 is 15.4 Å². The molecule has 0 aliphatic heterocycles. The van der Waals surface area contributed by atoms with Gasteiger partial charge in [-0.25, -0.2) is 4.98 Å². The van der Waals surface area contributed by atoms with Crippen molar-refractivity contribution in [2.75, 3.05) is 27.3 Å². The zero-order valence-electron chi connectivity index (χ0n) is 17.5. The molecule has 3 N–H and O–H groups in total. The van der Waals surface area contributed by atoms with Crippen molar-refractivity contribution in [3.05, 3.63) is 30.1 Å². The van der Waals surface area contributed by atoms with Gasteiger partial charge >= 0.3 is 0 Å². The summed E-state index contributed by atoms with van der Waals surface area (Å²) in [7, 11) is 3.40. The average molecular weight is 389 g/mol. The first kappa shape index (κ1) is 21.7. The number of benzene rings is 1.